The van der Waals surface area contributed by atoms with Gasteiger partial charge < -0.3 is 15.0 Å². The van der Waals surface area contributed by atoms with Gasteiger partial charge in [0.2, 0.25) is 0 Å². The molecule has 3 aromatic rings. The summed E-state index contributed by atoms with van der Waals surface area (Å²) in [6.45, 7) is 2.84. The molecule has 0 aliphatic carbocycles. The number of ether oxygens (including phenoxy) is 1. The van der Waals surface area contributed by atoms with E-state index in [1.165, 1.54) is 0 Å². The number of hydrogen-bond donors (Lipinski definition) is 1. The maximum Gasteiger partial charge on any atom is 0.255 e. The average molecular weight is 383 g/mol. The van der Waals surface area contributed by atoms with Crippen molar-refractivity contribution in [2.45, 2.75) is 6.54 Å². The third-order valence-electron chi connectivity index (χ3n) is 4.55. The van der Waals surface area contributed by atoms with Gasteiger partial charge in [-0.3, -0.25) is 9.78 Å². The van der Waals surface area contributed by atoms with E-state index in [4.69, 9.17) is 16.3 Å². The van der Waals surface area contributed by atoms with E-state index >= 15 is 0 Å². The Balaban J connectivity index is 1.49. The van der Waals surface area contributed by atoms with E-state index < -0.39 is 0 Å². The molecule has 4 rings (SSSR count). The van der Waals surface area contributed by atoms with Gasteiger partial charge in [-0.25, -0.2) is 4.98 Å². The molecule has 0 atom stereocenters. The Labute approximate surface area is 162 Å². The van der Waals surface area contributed by atoms with E-state index in [9.17, 15) is 4.79 Å². The molecule has 3 heterocycles. The number of nitrogens with zero attached hydrogens (tertiary/aromatic N) is 3. The predicted octanol–water partition coefficient (Wildman–Crippen LogP) is 3.37. The summed E-state index contributed by atoms with van der Waals surface area (Å²) in [5, 5.41) is 4.74. The Morgan fingerprint density at radius 2 is 2.00 bits per heavy atom. The molecule has 0 bridgehead atoms. The summed E-state index contributed by atoms with van der Waals surface area (Å²) >= 11 is 6.36. The Kier molecular flexibility index (Phi) is 5.18. The van der Waals surface area contributed by atoms with Crippen LogP contribution in [0.25, 0.3) is 10.9 Å². The highest BCUT2D eigenvalue weighted by Gasteiger charge is 2.19. The number of rotatable bonds is 4. The number of para-hydroxylation sites is 1. The Hall–Kier alpha value is -2.70. The predicted molar refractivity (Wildman–Crippen MR) is 105 cm³/mol. The number of anilines is 1. The van der Waals surface area contributed by atoms with Crippen molar-refractivity contribution in [2.24, 2.45) is 0 Å². The van der Waals surface area contributed by atoms with E-state index in [-0.39, 0.29) is 5.91 Å². The van der Waals surface area contributed by atoms with Crippen molar-refractivity contribution in [1.29, 1.82) is 0 Å². The molecule has 1 N–H and O–H groups in total. The fourth-order valence-electron chi connectivity index (χ4n) is 3.12. The smallest absolute Gasteiger partial charge is 0.255 e. The van der Waals surface area contributed by atoms with Crippen LogP contribution in [-0.2, 0) is 11.3 Å². The third kappa shape index (κ3) is 3.86. The molecule has 1 fully saturated rings. The van der Waals surface area contributed by atoms with Crippen LogP contribution in [0.2, 0.25) is 5.02 Å². The molecule has 7 heteroatoms. The van der Waals surface area contributed by atoms with E-state index in [1.807, 2.05) is 30.3 Å². The van der Waals surface area contributed by atoms with Crippen LogP contribution >= 0.6 is 11.6 Å². The zero-order valence-corrected chi connectivity index (χ0v) is 15.4. The lowest BCUT2D eigenvalue weighted by atomic mass is 10.1. The molecule has 1 aliphatic rings. The summed E-state index contributed by atoms with van der Waals surface area (Å²) in [5.41, 5.74) is 2.49. The topological polar surface area (TPSA) is 67.4 Å². The van der Waals surface area contributed by atoms with E-state index in [2.05, 4.69) is 15.3 Å². The first kappa shape index (κ1) is 17.7. The van der Waals surface area contributed by atoms with Crippen molar-refractivity contribution in [3.05, 3.63) is 64.9 Å². The summed E-state index contributed by atoms with van der Waals surface area (Å²) in [4.78, 5) is 23.1. The standard InChI is InChI=1S/C20H19ClN4O2/c21-17-11-16(20(26)25-7-9-27-10-8-25)13-24-19(17)23-12-15-4-1-3-14-5-2-6-22-18(14)15/h1-6,11,13H,7-10,12H2,(H,23,24). The first-order valence-electron chi connectivity index (χ1n) is 8.81. The zero-order valence-electron chi connectivity index (χ0n) is 14.7. The van der Waals surface area contributed by atoms with Gasteiger partial charge in [0, 0.05) is 37.4 Å². The first-order chi connectivity index (χ1) is 13.2. The number of aromatic nitrogens is 2. The van der Waals surface area contributed by atoms with Crippen LogP contribution in [0.3, 0.4) is 0 Å². The highest BCUT2D eigenvalue weighted by atomic mass is 35.5. The molecule has 0 saturated carbocycles. The summed E-state index contributed by atoms with van der Waals surface area (Å²) in [7, 11) is 0. The number of morpholine rings is 1. The van der Waals surface area contributed by atoms with Crippen LogP contribution in [0.1, 0.15) is 15.9 Å². The van der Waals surface area contributed by atoms with Crippen LogP contribution in [0.4, 0.5) is 5.82 Å². The summed E-state index contributed by atoms with van der Waals surface area (Å²) in [6, 6.07) is 11.7. The number of carbonyl (C=O) groups is 1. The van der Waals surface area contributed by atoms with Gasteiger partial charge in [0.05, 0.1) is 29.3 Å². The van der Waals surface area contributed by atoms with Gasteiger partial charge >= 0.3 is 0 Å². The van der Waals surface area contributed by atoms with Gasteiger partial charge in [-0.1, -0.05) is 35.9 Å². The second-order valence-electron chi connectivity index (χ2n) is 6.30. The molecule has 1 saturated heterocycles. The minimum atomic E-state index is -0.0718. The monoisotopic (exact) mass is 382 g/mol. The lowest BCUT2D eigenvalue weighted by Gasteiger charge is -2.26. The number of pyridine rings is 2. The number of halogens is 1. The van der Waals surface area contributed by atoms with Crippen molar-refractivity contribution in [2.75, 3.05) is 31.6 Å². The van der Waals surface area contributed by atoms with Crippen LogP contribution < -0.4 is 5.32 Å². The van der Waals surface area contributed by atoms with Gasteiger partial charge in [-0.15, -0.1) is 0 Å². The largest absolute Gasteiger partial charge is 0.378 e. The van der Waals surface area contributed by atoms with Crippen molar-refractivity contribution in [1.82, 2.24) is 14.9 Å². The zero-order chi connectivity index (χ0) is 18.6. The lowest BCUT2D eigenvalue weighted by Crippen LogP contribution is -2.40. The van der Waals surface area contributed by atoms with Gasteiger partial charge in [-0.05, 0) is 17.7 Å². The molecule has 0 unspecified atom stereocenters. The maximum atomic E-state index is 12.5. The third-order valence-corrected chi connectivity index (χ3v) is 4.84. The molecule has 0 radical (unpaired) electrons. The van der Waals surface area contributed by atoms with Crippen molar-refractivity contribution < 1.29 is 9.53 Å². The second-order valence-corrected chi connectivity index (χ2v) is 6.71. The molecule has 27 heavy (non-hydrogen) atoms. The number of nitrogens with one attached hydrogen (secondary N) is 1. The van der Waals surface area contributed by atoms with Crippen LogP contribution in [0.5, 0.6) is 0 Å². The number of carbonyl (C=O) groups excluding carboxylic acids is 1. The normalized spacial score (nSPS) is 14.3. The van der Waals surface area contributed by atoms with Crippen molar-refractivity contribution >= 4 is 34.2 Å². The van der Waals surface area contributed by atoms with Gasteiger partial charge in [0.25, 0.3) is 5.91 Å². The van der Waals surface area contributed by atoms with Crippen molar-refractivity contribution in [3.63, 3.8) is 0 Å². The van der Waals surface area contributed by atoms with Gasteiger partial charge in [0.1, 0.15) is 5.82 Å². The highest BCUT2D eigenvalue weighted by molar-refractivity contribution is 6.33. The lowest BCUT2D eigenvalue weighted by molar-refractivity contribution is 0.0302. The molecule has 1 aliphatic heterocycles. The highest BCUT2D eigenvalue weighted by Crippen LogP contribution is 2.23. The Bertz CT molecular complexity index is 968. The van der Waals surface area contributed by atoms with Gasteiger partial charge in [0.15, 0.2) is 0 Å². The van der Waals surface area contributed by atoms with Crippen LogP contribution in [0, 0.1) is 0 Å². The summed E-state index contributed by atoms with van der Waals surface area (Å²) in [5.74, 6) is 0.473. The first-order valence-corrected chi connectivity index (χ1v) is 9.19. The second kappa shape index (κ2) is 7.90. The minimum absolute atomic E-state index is 0.0718. The van der Waals surface area contributed by atoms with Crippen LogP contribution in [-0.4, -0.2) is 47.1 Å². The van der Waals surface area contributed by atoms with E-state index in [0.717, 1.165) is 16.5 Å². The quantitative estimate of drug-likeness (QED) is 0.749. The van der Waals surface area contributed by atoms with Gasteiger partial charge in [-0.2, -0.15) is 0 Å². The van der Waals surface area contributed by atoms with Crippen LogP contribution in [0.15, 0.2) is 48.8 Å². The fraction of sp³-hybridized carbons (Fsp3) is 0.250. The molecule has 2 aromatic heterocycles. The van der Waals surface area contributed by atoms with E-state index in [0.29, 0.717) is 49.3 Å². The Morgan fingerprint density at radius 3 is 2.81 bits per heavy atom. The van der Waals surface area contributed by atoms with Crippen molar-refractivity contribution in [3.8, 4) is 0 Å². The Morgan fingerprint density at radius 1 is 1.19 bits per heavy atom. The SMILES string of the molecule is O=C(c1cnc(NCc2cccc3cccnc23)c(Cl)c1)N1CCOCC1. The number of benzene rings is 1. The maximum absolute atomic E-state index is 12.5. The molecular weight excluding hydrogens is 364 g/mol. The molecule has 1 aromatic carbocycles. The fourth-order valence-corrected chi connectivity index (χ4v) is 3.36. The molecule has 6 nitrogen and oxygen atoms in total. The summed E-state index contributed by atoms with van der Waals surface area (Å²) < 4.78 is 5.28. The average Bonchev–Trinajstić information content (AvgIpc) is 2.73. The number of amides is 1. The minimum Gasteiger partial charge on any atom is -0.378 e. The van der Waals surface area contributed by atoms with E-state index in [1.54, 1.807) is 23.4 Å². The number of hydrogen-bond acceptors (Lipinski definition) is 5. The number of fused-ring (bicyclic) bond motifs is 1. The molecule has 138 valence electrons. The molecule has 1 amide bonds. The molecular formula is C20H19ClN4O2. The summed E-state index contributed by atoms with van der Waals surface area (Å²) in [6.07, 6.45) is 3.34. The molecule has 0 spiro atoms.